The van der Waals surface area contributed by atoms with Crippen LogP contribution >= 0.6 is 0 Å². The Labute approximate surface area is 137 Å². The maximum atomic E-state index is 10.4. The molecule has 4 N–H and O–H groups in total. The van der Waals surface area contributed by atoms with Crippen molar-refractivity contribution in [3.8, 4) is 0 Å². The van der Waals surface area contributed by atoms with Gasteiger partial charge < -0.3 is 15.7 Å². The van der Waals surface area contributed by atoms with Gasteiger partial charge in [0.05, 0.1) is 17.5 Å². The molecule has 0 spiro atoms. The van der Waals surface area contributed by atoms with Crippen LogP contribution < -0.4 is 16.1 Å². The van der Waals surface area contributed by atoms with Crippen molar-refractivity contribution in [3.05, 3.63) is 36.1 Å². The van der Waals surface area contributed by atoms with Crippen LogP contribution in [-0.2, 0) is 0 Å². The SMILES string of the molecule is [C-]#[N+]NC(=NCCCCC1(O)CCNCC1)Nc1cccnc1. The van der Waals surface area contributed by atoms with Crippen LogP contribution in [0.2, 0.25) is 0 Å². The predicted molar refractivity (Wildman–Crippen MR) is 90.8 cm³/mol. The molecule has 23 heavy (non-hydrogen) atoms. The number of hydrogen-bond acceptors (Lipinski definition) is 4. The highest BCUT2D eigenvalue weighted by molar-refractivity contribution is 5.93. The fourth-order valence-corrected chi connectivity index (χ4v) is 2.63. The van der Waals surface area contributed by atoms with Gasteiger partial charge in [0, 0.05) is 12.7 Å². The van der Waals surface area contributed by atoms with Crippen molar-refractivity contribution < 1.29 is 5.11 Å². The highest BCUT2D eigenvalue weighted by Gasteiger charge is 2.27. The molecule has 0 radical (unpaired) electrons. The summed E-state index contributed by atoms with van der Waals surface area (Å²) < 4.78 is 0. The normalized spacial score (nSPS) is 17.3. The molecular formula is C16H24N6O. The molecule has 0 atom stereocenters. The van der Waals surface area contributed by atoms with Crippen molar-refractivity contribution in [3.63, 3.8) is 0 Å². The number of rotatable bonds is 6. The Morgan fingerprint density at radius 2 is 2.26 bits per heavy atom. The summed E-state index contributed by atoms with van der Waals surface area (Å²) in [5.74, 6) is 0.425. The summed E-state index contributed by atoms with van der Waals surface area (Å²) in [5, 5.41) is 16.7. The molecule has 1 aliphatic heterocycles. The van der Waals surface area contributed by atoms with E-state index in [9.17, 15) is 5.11 Å². The zero-order chi connectivity index (χ0) is 16.4. The Bertz CT molecular complexity index is 533. The molecule has 1 saturated heterocycles. The van der Waals surface area contributed by atoms with Crippen LogP contribution in [0.25, 0.3) is 4.95 Å². The molecular weight excluding hydrogens is 292 g/mol. The van der Waals surface area contributed by atoms with Crippen molar-refractivity contribution in [2.75, 3.05) is 25.0 Å². The first-order valence-corrected chi connectivity index (χ1v) is 7.99. The molecule has 7 heteroatoms. The third-order valence-corrected chi connectivity index (χ3v) is 3.94. The van der Waals surface area contributed by atoms with Gasteiger partial charge in [-0.1, -0.05) is 5.43 Å². The second kappa shape index (κ2) is 9.08. The minimum Gasteiger partial charge on any atom is -0.390 e. The third-order valence-electron chi connectivity index (χ3n) is 3.94. The van der Waals surface area contributed by atoms with Gasteiger partial charge in [-0.3, -0.25) is 4.98 Å². The van der Waals surface area contributed by atoms with Crippen molar-refractivity contribution in [2.24, 2.45) is 4.99 Å². The van der Waals surface area contributed by atoms with E-state index in [1.165, 1.54) is 0 Å². The quantitative estimate of drug-likeness (QED) is 0.210. The van der Waals surface area contributed by atoms with Crippen LogP contribution in [0, 0.1) is 6.57 Å². The first-order chi connectivity index (χ1) is 11.2. The van der Waals surface area contributed by atoms with E-state index in [1.54, 1.807) is 12.4 Å². The van der Waals surface area contributed by atoms with Gasteiger partial charge in [-0.15, -0.1) is 0 Å². The summed E-state index contributed by atoms with van der Waals surface area (Å²) in [7, 11) is 0. The summed E-state index contributed by atoms with van der Waals surface area (Å²) in [5.41, 5.74) is 2.79. The molecule has 0 saturated carbocycles. The lowest BCUT2D eigenvalue weighted by molar-refractivity contribution is 0.000573. The number of guanidine groups is 1. The summed E-state index contributed by atoms with van der Waals surface area (Å²) in [6.45, 7) is 9.31. The Morgan fingerprint density at radius 3 is 2.96 bits per heavy atom. The van der Waals surface area contributed by atoms with Gasteiger partial charge in [0.1, 0.15) is 0 Å². The zero-order valence-corrected chi connectivity index (χ0v) is 13.3. The lowest BCUT2D eigenvalue weighted by Crippen LogP contribution is -2.41. The van der Waals surface area contributed by atoms with Gasteiger partial charge in [-0.2, -0.15) is 11.5 Å². The first kappa shape index (κ1) is 17.2. The number of nitrogens with zero attached hydrogens (tertiary/aromatic N) is 3. The van der Waals surface area contributed by atoms with Gasteiger partial charge in [-0.05, 0) is 57.3 Å². The standard InChI is InChI=1S/C16H24N6O/c1-17-22-15(21-14-5-4-9-19-13-14)20-10-3-2-6-16(23)7-11-18-12-8-16/h4-5,9,13,18,23H,2-3,6-8,10-12H2,(H2,20,21,22). The van der Waals surface area contributed by atoms with Gasteiger partial charge in [-0.25, -0.2) is 4.99 Å². The van der Waals surface area contributed by atoms with Crippen molar-refractivity contribution in [1.82, 2.24) is 15.7 Å². The number of nitrogens with one attached hydrogen (secondary N) is 3. The Morgan fingerprint density at radius 1 is 1.43 bits per heavy atom. The Balaban J connectivity index is 1.74. The van der Waals surface area contributed by atoms with Crippen molar-refractivity contribution in [2.45, 2.75) is 37.7 Å². The number of pyridine rings is 1. The lowest BCUT2D eigenvalue weighted by atomic mass is 9.87. The molecule has 2 rings (SSSR count). The second-order valence-electron chi connectivity index (χ2n) is 5.75. The average Bonchev–Trinajstić information content (AvgIpc) is 2.56. The number of aromatic nitrogens is 1. The van der Waals surface area contributed by atoms with Crippen LogP contribution in [0.3, 0.4) is 0 Å². The molecule has 0 amide bonds. The minimum atomic E-state index is -0.513. The molecule has 1 aromatic heterocycles. The lowest BCUT2D eigenvalue weighted by Gasteiger charge is -2.32. The molecule has 1 aliphatic rings. The molecule has 0 bridgehead atoms. The van der Waals surface area contributed by atoms with E-state index in [-0.39, 0.29) is 0 Å². The number of anilines is 1. The zero-order valence-electron chi connectivity index (χ0n) is 13.3. The minimum absolute atomic E-state index is 0.425. The average molecular weight is 316 g/mol. The van der Waals surface area contributed by atoms with Gasteiger partial charge in [0.25, 0.3) is 5.96 Å². The first-order valence-electron chi connectivity index (χ1n) is 7.99. The summed E-state index contributed by atoms with van der Waals surface area (Å²) >= 11 is 0. The maximum absolute atomic E-state index is 10.4. The number of hydrogen-bond donors (Lipinski definition) is 4. The molecule has 0 unspecified atom stereocenters. The van der Waals surface area contributed by atoms with E-state index in [4.69, 9.17) is 6.57 Å². The molecule has 1 fully saturated rings. The number of piperidine rings is 1. The van der Waals surface area contributed by atoms with Crippen LogP contribution in [0.5, 0.6) is 0 Å². The van der Waals surface area contributed by atoms with Gasteiger partial charge in [0.2, 0.25) is 0 Å². The van der Waals surface area contributed by atoms with E-state index in [0.29, 0.717) is 12.5 Å². The molecule has 1 aromatic rings. The Kier molecular flexibility index (Phi) is 6.78. The summed E-state index contributed by atoms with van der Waals surface area (Å²) in [4.78, 5) is 11.5. The monoisotopic (exact) mass is 316 g/mol. The smallest absolute Gasteiger partial charge is 0.266 e. The van der Waals surface area contributed by atoms with E-state index in [2.05, 4.69) is 31.0 Å². The number of aliphatic hydroxyl groups is 1. The van der Waals surface area contributed by atoms with E-state index in [0.717, 1.165) is 50.9 Å². The highest BCUT2D eigenvalue weighted by Crippen LogP contribution is 2.24. The van der Waals surface area contributed by atoms with Crippen LogP contribution in [0.1, 0.15) is 32.1 Å². The summed E-state index contributed by atoms with van der Waals surface area (Å²) in [6.07, 6.45) is 7.63. The molecule has 7 nitrogen and oxygen atoms in total. The second-order valence-corrected chi connectivity index (χ2v) is 5.75. The number of aliphatic imine (C=N–C) groups is 1. The third kappa shape index (κ3) is 6.22. The molecule has 2 heterocycles. The van der Waals surface area contributed by atoms with Gasteiger partial charge >= 0.3 is 0 Å². The fourth-order valence-electron chi connectivity index (χ4n) is 2.63. The highest BCUT2D eigenvalue weighted by atomic mass is 16.3. The predicted octanol–water partition coefficient (Wildman–Crippen LogP) is 1.56. The van der Waals surface area contributed by atoms with Gasteiger partial charge in [0.15, 0.2) is 0 Å². The maximum Gasteiger partial charge on any atom is 0.266 e. The van der Waals surface area contributed by atoms with Crippen LogP contribution in [-0.4, -0.2) is 41.3 Å². The topological polar surface area (TPSA) is 85.9 Å². The van der Waals surface area contributed by atoms with Crippen molar-refractivity contribution >= 4 is 11.6 Å². The largest absolute Gasteiger partial charge is 0.390 e. The molecule has 124 valence electrons. The van der Waals surface area contributed by atoms with E-state index < -0.39 is 5.60 Å². The van der Waals surface area contributed by atoms with Crippen LogP contribution in [0.4, 0.5) is 5.69 Å². The van der Waals surface area contributed by atoms with E-state index >= 15 is 0 Å². The summed E-state index contributed by atoms with van der Waals surface area (Å²) in [6, 6.07) is 3.68. The van der Waals surface area contributed by atoms with Crippen molar-refractivity contribution in [1.29, 1.82) is 0 Å². The number of unbranched alkanes of at least 4 members (excludes halogenated alkanes) is 1. The Hall–Kier alpha value is -2.17. The van der Waals surface area contributed by atoms with E-state index in [1.807, 2.05) is 12.1 Å². The molecule has 0 aromatic carbocycles. The fraction of sp³-hybridized carbons (Fsp3) is 0.562. The van der Waals surface area contributed by atoms with Crippen LogP contribution in [0.15, 0.2) is 29.5 Å². The molecule has 0 aliphatic carbocycles.